The van der Waals surface area contributed by atoms with Gasteiger partial charge in [0.2, 0.25) is 10.0 Å². The molecule has 1 aliphatic heterocycles. The van der Waals surface area contributed by atoms with Crippen LogP contribution in [0.4, 0.5) is 21.8 Å². The van der Waals surface area contributed by atoms with E-state index in [0.717, 1.165) is 24.0 Å². The Balaban J connectivity index is 1.58. The topological polar surface area (TPSA) is 100 Å². The minimum absolute atomic E-state index is 0.0928. The molecule has 0 aliphatic carbocycles. The van der Waals surface area contributed by atoms with Gasteiger partial charge >= 0.3 is 0 Å². The number of piperidine rings is 1. The Morgan fingerprint density at radius 2 is 1.76 bits per heavy atom. The van der Waals surface area contributed by atoms with Crippen molar-refractivity contribution in [2.75, 3.05) is 30.0 Å². The third kappa shape index (κ3) is 6.02. The number of halogens is 1. The molecule has 0 amide bonds. The lowest BCUT2D eigenvalue weighted by Gasteiger charge is -2.31. The van der Waals surface area contributed by atoms with Gasteiger partial charge in [-0.3, -0.25) is 4.98 Å². The fraction of sp³-hybridized carbons (Fsp3) is 0.348. The maximum atomic E-state index is 13.3. The van der Waals surface area contributed by atoms with Gasteiger partial charge in [-0.15, -0.1) is 0 Å². The summed E-state index contributed by atoms with van der Waals surface area (Å²) >= 11 is 0. The zero-order chi connectivity index (χ0) is 23.4. The highest BCUT2D eigenvalue weighted by Crippen LogP contribution is 2.32. The molecule has 0 spiro atoms. The van der Waals surface area contributed by atoms with Crippen molar-refractivity contribution in [3.05, 3.63) is 71.9 Å². The number of aromatic nitrogens is 3. The van der Waals surface area contributed by atoms with Crippen LogP contribution in [0.5, 0.6) is 0 Å². The number of rotatable bonds is 7. The second kappa shape index (κ2) is 9.80. The Morgan fingerprint density at radius 1 is 1.06 bits per heavy atom. The van der Waals surface area contributed by atoms with Crippen molar-refractivity contribution >= 4 is 27.5 Å². The van der Waals surface area contributed by atoms with Gasteiger partial charge in [0.25, 0.3) is 0 Å². The minimum atomic E-state index is -3.18. The molecule has 1 fully saturated rings. The molecule has 174 valence electrons. The largest absolute Gasteiger partial charge is 0.363 e. The summed E-state index contributed by atoms with van der Waals surface area (Å²) in [6.07, 6.45) is 7.53. The maximum Gasteiger partial charge on any atom is 0.211 e. The SMILES string of the molecule is C[C@H](Nc1cc(C2CCN(S(C)(=O)=O)CC2)cc(Nc2cnccn2)n1)c1ccc(F)cc1. The molecule has 1 aliphatic rings. The van der Waals surface area contributed by atoms with Gasteiger partial charge in [0, 0.05) is 31.5 Å². The first-order valence-electron chi connectivity index (χ1n) is 10.8. The van der Waals surface area contributed by atoms with Crippen molar-refractivity contribution in [2.45, 2.75) is 31.7 Å². The summed E-state index contributed by atoms with van der Waals surface area (Å²) in [7, 11) is -3.18. The lowest BCUT2D eigenvalue weighted by Crippen LogP contribution is -2.37. The first kappa shape index (κ1) is 23.1. The molecule has 1 atom stereocenters. The number of nitrogens with one attached hydrogen (secondary N) is 2. The summed E-state index contributed by atoms with van der Waals surface area (Å²) in [5, 5.41) is 6.60. The van der Waals surface area contributed by atoms with E-state index in [2.05, 4.69) is 20.6 Å². The van der Waals surface area contributed by atoms with Gasteiger partial charge < -0.3 is 10.6 Å². The van der Waals surface area contributed by atoms with E-state index in [0.29, 0.717) is 30.5 Å². The van der Waals surface area contributed by atoms with Crippen molar-refractivity contribution in [3.8, 4) is 0 Å². The second-order valence-electron chi connectivity index (χ2n) is 8.24. The highest BCUT2D eigenvalue weighted by atomic mass is 32.2. The Morgan fingerprint density at radius 3 is 2.39 bits per heavy atom. The van der Waals surface area contributed by atoms with Crippen LogP contribution in [0.25, 0.3) is 0 Å². The molecule has 3 aromatic rings. The van der Waals surface area contributed by atoms with Crippen molar-refractivity contribution in [3.63, 3.8) is 0 Å². The van der Waals surface area contributed by atoms with Crippen LogP contribution in [0.15, 0.2) is 55.0 Å². The molecule has 2 N–H and O–H groups in total. The summed E-state index contributed by atoms with van der Waals surface area (Å²) in [6, 6.07) is 10.3. The van der Waals surface area contributed by atoms with E-state index in [1.807, 2.05) is 19.1 Å². The Labute approximate surface area is 193 Å². The van der Waals surface area contributed by atoms with Gasteiger partial charge in [-0.1, -0.05) is 12.1 Å². The Bertz CT molecular complexity index is 1180. The molecule has 8 nitrogen and oxygen atoms in total. The van der Waals surface area contributed by atoms with Crippen LogP contribution in [0.2, 0.25) is 0 Å². The predicted molar refractivity (Wildman–Crippen MR) is 126 cm³/mol. The number of benzene rings is 1. The number of hydrogen-bond acceptors (Lipinski definition) is 7. The van der Waals surface area contributed by atoms with Gasteiger partial charge in [0.15, 0.2) is 0 Å². The third-order valence-corrected chi connectivity index (χ3v) is 7.10. The molecule has 3 heterocycles. The van der Waals surface area contributed by atoms with E-state index in [1.54, 1.807) is 30.7 Å². The molecule has 33 heavy (non-hydrogen) atoms. The smallest absolute Gasteiger partial charge is 0.211 e. The zero-order valence-corrected chi connectivity index (χ0v) is 19.4. The maximum absolute atomic E-state index is 13.3. The monoisotopic (exact) mass is 470 g/mol. The lowest BCUT2D eigenvalue weighted by molar-refractivity contribution is 0.321. The second-order valence-corrected chi connectivity index (χ2v) is 10.2. The van der Waals surface area contributed by atoms with Crippen molar-refractivity contribution in [2.24, 2.45) is 0 Å². The predicted octanol–water partition coefficient (Wildman–Crippen LogP) is 4.07. The molecule has 1 saturated heterocycles. The summed E-state index contributed by atoms with van der Waals surface area (Å²) in [5.41, 5.74) is 2.01. The van der Waals surface area contributed by atoms with Crippen LogP contribution in [-0.4, -0.2) is 47.0 Å². The summed E-state index contributed by atoms with van der Waals surface area (Å²) in [5.74, 6) is 1.79. The average molecular weight is 471 g/mol. The quantitative estimate of drug-likeness (QED) is 0.537. The van der Waals surface area contributed by atoms with Crippen LogP contribution < -0.4 is 10.6 Å². The van der Waals surface area contributed by atoms with E-state index < -0.39 is 10.0 Å². The fourth-order valence-corrected chi connectivity index (χ4v) is 4.87. The van der Waals surface area contributed by atoms with Crippen molar-refractivity contribution in [1.82, 2.24) is 19.3 Å². The first-order chi connectivity index (χ1) is 15.8. The molecule has 4 rings (SSSR count). The summed E-state index contributed by atoms with van der Waals surface area (Å²) < 4.78 is 38.6. The summed E-state index contributed by atoms with van der Waals surface area (Å²) in [6.45, 7) is 2.98. The van der Waals surface area contributed by atoms with Crippen LogP contribution in [0.3, 0.4) is 0 Å². The lowest BCUT2D eigenvalue weighted by atomic mass is 9.90. The van der Waals surface area contributed by atoms with Crippen molar-refractivity contribution in [1.29, 1.82) is 0 Å². The molecule has 0 saturated carbocycles. The van der Waals surface area contributed by atoms with E-state index in [1.165, 1.54) is 22.7 Å². The number of pyridine rings is 1. The molecule has 2 aromatic heterocycles. The number of sulfonamides is 1. The first-order valence-corrected chi connectivity index (χ1v) is 12.6. The van der Waals surface area contributed by atoms with E-state index in [-0.39, 0.29) is 17.8 Å². The fourth-order valence-electron chi connectivity index (χ4n) is 4.00. The Hall–Kier alpha value is -3.11. The number of anilines is 3. The van der Waals surface area contributed by atoms with Gasteiger partial charge in [-0.05, 0) is 61.1 Å². The summed E-state index contributed by atoms with van der Waals surface area (Å²) in [4.78, 5) is 13.0. The molecular weight excluding hydrogens is 443 g/mol. The van der Waals surface area contributed by atoms with E-state index >= 15 is 0 Å². The Kier molecular flexibility index (Phi) is 6.85. The van der Waals surface area contributed by atoms with Gasteiger partial charge in [0.05, 0.1) is 12.5 Å². The molecule has 1 aromatic carbocycles. The van der Waals surface area contributed by atoms with Gasteiger partial charge in [-0.25, -0.2) is 27.1 Å². The normalized spacial score (nSPS) is 16.3. The highest BCUT2D eigenvalue weighted by Gasteiger charge is 2.26. The molecule has 10 heteroatoms. The minimum Gasteiger partial charge on any atom is -0.363 e. The van der Waals surface area contributed by atoms with Crippen molar-refractivity contribution < 1.29 is 12.8 Å². The highest BCUT2D eigenvalue weighted by molar-refractivity contribution is 7.88. The molecular formula is C23H27FN6O2S. The van der Waals surface area contributed by atoms with E-state index in [4.69, 9.17) is 4.98 Å². The zero-order valence-electron chi connectivity index (χ0n) is 18.6. The van der Waals surface area contributed by atoms with Crippen LogP contribution >= 0.6 is 0 Å². The van der Waals surface area contributed by atoms with Crippen LogP contribution in [-0.2, 0) is 10.0 Å². The van der Waals surface area contributed by atoms with Crippen LogP contribution in [0, 0.1) is 5.82 Å². The van der Waals surface area contributed by atoms with Gasteiger partial charge in [-0.2, -0.15) is 0 Å². The van der Waals surface area contributed by atoms with Crippen LogP contribution in [0.1, 0.15) is 42.9 Å². The average Bonchev–Trinajstić information content (AvgIpc) is 2.79. The molecule has 0 unspecified atom stereocenters. The number of hydrogen-bond donors (Lipinski definition) is 2. The standard InChI is InChI=1S/C23H27FN6O2S/c1-16(17-3-5-20(24)6-4-17)27-21-13-19(18-7-11-30(12-8-18)33(2,31)32)14-22(28-21)29-23-15-25-9-10-26-23/h3-6,9-10,13-16,18H,7-8,11-12H2,1-2H3,(H2,26,27,28,29)/t16-/m0/s1. The third-order valence-electron chi connectivity index (χ3n) is 5.80. The molecule has 0 bridgehead atoms. The number of nitrogens with zero attached hydrogens (tertiary/aromatic N) is 4. The van der Waals surface area contributed by atoms with Gasteiger partial charge in [0.1, 0.15) is 23.3 Å². The molecule has 0 radical (unpaired) electrons. The van der Waals surface area contributed by atoms with E-state index in [9.17, 15) is 12.8 Å².